The molecule has 1 N–H and O–H groups in total. The molecule has 2 heterocycles. The van der Waals surface area contributed by atoms with Gasteiger partial charge in [-0.05, 0) is 53.1 Å². The lowest BCUT2D eigenvalue weighted by molar-refractivity contribution is 1.03. The minimum atomic E-state index is 0.219. The van der Waals surface area contributed by atoms with Gasteiger partial charge in [-0.1, -0.05) is 30.3 Å². The first kappa shape index (κ1) is 18.2. The fourth-order valence-corrected chi connectivity index (χ4v) is 3.31. The smallest absolute Gasteiger partial charge is 0.224 e. The molecule has 0 radical (unpaired) electrons. The van der Waals surface area contributed by atoms with Crippen LogP contribution in [-0.4, -0.2) is 29.0 Å². The minimum absolute atomic E-state index is 0.219. The first-order chi connectivity index (χ1) is 13.6. The maximum absolute atomic E-state index is 6.18. The van der Waals surface area contributed by atoms with Gasteiger partial charge in [0.05, 0.1) is 23.1 Å². The SMILES string of the molecule is CN(C)c1ccc(-c2cccc3nc(Cl)nc(NCc4ccccn4)c23)cc1. The number of aromatic nitrogens is 3. The molecular weight excluding hydrogens is 370 g/mol. The fraction of sp³-hybridized carbons (Fsp3) is 0.136. The molecule has 4 aromatic rings. The maximum atomic E-state index is 6.18. The van der Waals surface area contributed by atoms with E-state index in [1.807, 2.05) is 44.4 Å². The molecule has 0 amide bonds. The Morgan fingerprint density at radius 3 is 2.46 bits per heavy atom. The van der Waals surface area contributed by atoms with Gasteiger partial charge in [0.25, 0.3) is 0 Å². The van der Waals surface area contributed by atoms with Crippen LogP contribution in [0.1, 0.15) is 5.69 Å². The fourth-order valence-electron chi connectivity index (χ4n) is 3.14. The summed E-state index contributed by atoms with van der Waals surface area (Å²) in [5.74, 6) is 0.702. The molecule has 0 atom stereocenters. The number of nitrogens with one attached hydrogen (secondary N) is 1. The molecule has 0 aliphatic heterocycles. The van der Waals surface area contributed by atoms with E-state index in [1.165, 1.54) is 0 Å². The molecule has 0 bridgehead atoms. The van der Waals surface area contributed by atoms with Crippen molar-refractivity contribution in [1.29, 1.82) is 0 Å². The summed E-state index contributed by atoms with van der Waals surface area (Å²) in [7, 11) is 4.06. The van der Waals surface area contributed by atoms with Crippen LogP contribution in [0.4, 0.5) is 11.5 Å². The Morgan fingerprint density at radius 1 is 0.929 bits per heavy atom. The van der Waals surface area contributed by atoms with E-state index in [0.717, 1.165) is 33.4 Å². The van der Waals surface area contributed by atoms with Gasteiger partial charge in [-0.3, -0.25) is 4.98 Å². The normalized spacial score (nSPS) is 10.8. The van der Waals surface area contributed by atoms with Crippen molar-refractivity contribution in [2.24, 2.45) is 0 Å². The van der Waals surface area contributed by atoms with Crippen LogP contribution in [0.3, 0.4) is 0 Å². The van der Waals surface area contributed by atoms with Gasteiger partial charge < -0.3 is 10.2 Å². The second-order valence-corrected chi connectivity index (χ2v) is 6.99. The van der Waals surface area contributed by atoms with E-state index in [9.17, 15) is 0 Å². The third-order valence-corrected chi connectivity index (χ3v) is 4.72. The highest BCUT2D eigenvalue weighted by Crippen LogP contribution is 2.34. The molecular formula is C22H20ClN5. The first-order valence-corrected chi connectivity index (χ1v) is 9.37. The molecule has 0 saturated carbocycles. The summed E-state index contributed by atoms with van der Waals surface area (Å²) >= 11 is 6.18. The number of nitrogens with zero attached hydrogens (tertiary/aromatic N) is 4. The molecule has 140 valence electrons. The second-order valence-electron chi connectivity index (χ2n) is 6.66. The van der Waals surface area contributed by atoms with Crippen molar-refractivity contribution in [3.8, 4) is 11.1 Å². The minimum Gasteiger partial charge on any atom is -0.378 e. The van der Waals surface area contributed by atoms with Crippen LogP contribution in [0.2, 0.25) is 5.28 Å². The van der Waals surface area contributed by atoms with Crippen molar-refractivity contribution < 1.29 is 0 Å². The van der Waals surface area contributed by atoms with E-state index >= 15 is 0 Å². The molecule has 0 saturated heterocycles. The molecule has 0 unspecified atom stereocenters. The zero-order chi connectivity index (χ0) is 19.5. The average Bonchev–Trinajstić information content (AvgIpc) is 2.72. The monoisotopic (exact) mass is 389 g/mol. The van der Waals surface area contributed by atoms with Crippen molar-refractivity contribution in [2.75, 3.05) is 24.3 Å². The highest BCUT2D eigenvalue weighted by Gasteiger charge is 2.13. The van der Waals surface area contributed by atoms with E-state index < -0.39 is 0 Å². The number of anilines is 2. The summed E-state index contributed by atoms with van der Waals surface area (Å²) in [5, 5.41) is 4.54. The van der Waals surface area contributed by atoms with E-state index in [4.69, 9.17) is 11.6 Å². The van der Waals surface area contributed by atoms with E-state index in [1.54, 1.807) is 6.20 Å². The summed E-state index contributed by atoms with van der Waals surface area (Å²) in [5.41, 5.74) is 5.04. The molecule has 28 heavy (non-hydrogen) atoms. The number of fused-ring (bicyclic) bond motifs is 1. The largest absolute Gasteiger partial charge is 0.378 e. The first-order valence-electron chi connectivity index (χ1n) is 8.99. The van der Waals surface area contributed by atoms with Crippen molar-refractivity contribution in [1.82, 2.24) is 15.0 Å². The number of benzene rings is 2. The van der Waals surface area contributed by atoms with Crippen molar-refractivity contribution in [2.45, 2.75) is 6.54 Å². The number of halogens is 1. The van der Waals surface area contributed by atoms with Crippen LogP contribution in [0, 0.1) is 0 Å². The van der Waals surface area contributed by atoms with E-state index in [-0.39, 0.29) is 5.28 Å². The Hall–Kier alpha value is -3.18. The van der Waals surface area contributed by atoms with Gasteiger partial charge in [0, 0.05) is 26.0 Å². The van der Waals surface area contributed by atoms with E-state index in [2.05, 4.69) is 55.5 Å². The summed E-state index contributed by atoms with van der Waals surface area (Å²) in [6.45, 7) is 0.553. The van der Waals surface area contributed by atoms with Crippen LogP contribution >= 0.6 is 11.6 Å². The van der Waals surface area contributed by atoms with Gasteiger partial charge in [-0.2, -0.15) is 0 Å². The lowest BCUT2D eigenvalue weighted by Crippen LogP contribution is -2.08. The molecule has 4 rings (SSSR count). The number of pyridine rings is 1. The third kappa shape index (κ3) is 3.75. The summed E-state index contributed by atoms with van der Waals surface area (Å²) in [6, 6.07) is 20.3. The highest BCUT2D eigenvalue weighted by atomic mass is 35.5. The molecule has 0 aliphatic rings. The Labute approximate surface area is 169 Å². The molecule has 0 fully saturated rings. The zero-order valence-electron chi connectivity index (χ0n) is 15.7. The Balaban J connectivity index is 1.78. The van der Waals surface area contributed by atoms with Gasteiger partial charge >= 0.3 is 0 Å². The van der Waals surface area contributed by atoms with Gasteiger partial charge in [0.15, 0.2) is 0 Å². The van der Waals surface area contributed by atoms with Gasteiger partial charge in [-0.25, -0.2) is 9.97 Å². The summed E-state index contributed by atoms with van der Waals surface area (Å²) < 4.78 is 0. The average molecular weight is 390 g/mol. The van der Waals surface area contributed by atoms with Gasteiger partial charge in [-0.15, -0.1) is 0 Å². The van der Waals surface area contributed by atoms with Crippen molar-refractivity contribution in [3.05, 3.63) is 77.8 Å². The number of rotatable bonds is 5. The molecule has 0 spiro atoms. The Bertz CT molecular complexity index is 1100. The summed E-state index contributed by atoms with van der Waals surface area (Å²) in [4.78, 5) is 15.3. The highest BCUT2D eigenvalue weighted by molar-refractivity contribution is 6.29. The molecule has 2 aromatic heterocycles. The predicted octanol–water partition coefficient (Wildman–Crippen LogP) is 5.02. The van der Waals surface area contributed by atoms with Crippen molar-refractivity contribution >= 4 is 34.0 Å². The Morgan fingerprint density at radius 2 is 1.75 bits per heavy atom. The van der Waals surface area contributed by atoms with Crippen LogP contribution in [0.15, 0.2) is 66.9 Å². The van der Waals surface area contributed by atoms with Gasteiger partial charge in [0.2, 0.25) is 5.28 Å². The van der Waals surface area contributed by atoms with Crippen molar-refractivity contribution in [3.63, 3.8) is 0 Å². The Kier molecular flexibility index (Phi) is 5.08. The lowest BCUT2D eigenvalue weighted by atomic mass is 10.0. The standard InChI is InChI=1S/C22H20ClN5/c1-28(2)17-11-9-15(10-12-17)18-7-5-8-19-20(18)21(27-22(23)26-19)25-14-16-6-3-4-13-24-16/h3-13H,14H2,1-2H3,(H,25,26,27). The zero-order valence-corrected chi connectivity index (χ0v) is 16.5. The number of hydrogen-bond acceptors (Lipinski definition) is 5. The molecule has 0 aliphatic carbocycles. The molecule has 5 nitrogen and oxygen atoms in total. The topological polar surface area (TPSA) is 53.9 Å². The quantitative estimate of drug-likeness (QED) is 0.485. The van der Waals surface area contributed by atoms with Crippen LogP contribution < -0.4 is 10.2 Å². The molecule has 2 aromatic carbocycles. The van der Waals surface area contributed by atoms with Crippen LogP contribution in [0.5, 0.6) is 0 Å². The van der Waals surface area contributed by atoms with Gasteiger partial charge in [0.1, 0.15) is 5.82 Å². The second kappa shape index (κ2) is 7.82. The lowest BCUT2D eigenvalue weighted by Gasteiger charge is -2.15. The third-order valence-electron chi connectivity index (χ3n) is 4.55. The van der Waals surface area contributed by atoms with Crippen LogP contribution in [0.25, 0.3) is 22.0 Å². The number of hydrogen-bond donors (Lipinski definition) is 1. The molecule has 6 heteroatoms. The van der Waals surface area contributed by atoms with E-state index in [0.29, 0.717) is 12.4 Å². The maximum Gasteiger partial charge on any atom is 0.224 e. The van der Waals surface area contributed by atoms with Crippen LogP contribution in [-0.2, 0) is 6.54 Å². The predicted molar refractivity (Wildman–Crippen MR) is 116 cm³/mol. The summed E-state index contributed by atoms with van der Waals surface area (Å²) in [6.07, 6.45) is 1.78.